The average Bonchev–Trinajstić information content (AvgIpc) is 2.90. The molecule has 9 heteroatoms. The second kappa shape index (κ2) is 7.39. The van der Waals surface area contributed by atoms with Gasteiger partial charge in [-0.3, -0.25) is 5.32 Å². The van der Waals surface area contributed by atoms with E-state index in [2.05, 4.69) is 15.6 Å². The lowest BCUT2D eigenvalue weighted by molar-refractivity contribution is 0.0698. The Bertz CT molecular complexity index is 795. The second-order valence-corrected chi connectivity index (χ2v) is 5.48. The largest absolute Gasteiger partial charge is 0.478 e. The van der Waals surface area contributed by atoms with Crippen molar-refractivity contribution in [1.29, 1.82) is 0 Å². The minimum absolute atomic E-state index is 0.00774. The summed E-state index contributed by atoms with van der Waals surface area (Å²) in [6, 6.07) is 6.87. The number of carboxylic acids is 1. The van der Waals surface area contributed by atoms with Gasteiger partial charge in [0.1, 0.15) is 17.1 Å². The van der Waals surface area contributed by atoms with Crippen molar-refractivity contribution in [2.45, 2.75) is 19.9 Å². The number of hydrogen-bond acceptors (Lipinski definition) is 4. The predicted octanol–water partition coefficient (Wildman–Crippen LogP) is 2.37. The van der Waals surface area contributed by atoms with Crippen molar-refractivity contribution in [3.8, 4) is 17.0 Å². The van der Waals surface area contributed by atoms with Crippen LogP contribution in [-0.4, -0.2) is 34.2 Å². The highest BCUT2D eigenvalue weighted by atomic mass is 16.6. The third-order valence-corrected chi connectivity index (χ3v) is 3.08. The number of carboxylic acid groups (broad SMARTS) is 1. The molecule has 0 bridgehead atoms. The molecule has 0 saturated carbocycles. The minimum atomic E-state index is -1.21. The van der Waals surface area contributed by atoms with Gasteiger partial charge in [-0.25, -0.2) is 14.4 Å². The highest BCUT2D eigenvalue weighted by molar-refractivity contribution is 6.00. The fraction of sp³-hybridized carbons (Fsp3) is 0.188. The number of amides is 3. The summed E-state index contributed by atoms with van der Waals surface area (Å²) in [6.45, 7) is 3.63. The van der Waals surface area contributed by atoms with Crippen molar-refractivity contribution in [3.63, 3.8) is 0 Å². The van der Waals surface area contributed by atoms with Gasteiger partial charge in [-0.2, -0.15) is 0 Å². The van der Waals surface area contributed by atoms with Crippen LogP contribution in [0.15, 0.2) is 30.3 Å². The van der Waals surface area contributed by atoms with E-state index in [9.17, 15) is 19.5 Å². The van der Waals surface area contributed by atoms with Crippen molar-refractivity contribution >= 4 is 23.9 Å². The number of hydrogen-bond donors (Lipinski definition) is 5. The smallest absolute Gasteiger partial charge is 0.412 e. The van der Waals surface area contributed by atoms with Gasteiger partial charge in [-0.15, -0.1) is 0 Å². The monoisotopic (exact) mass is 346 g/mol. The number of benzene rings is 1. The van der Waals surface area contributed by atoms with Crippen LogP contribution in [0.1, 0.15) is 24.2 Å². The fourth-order valence-electron chi connectivity index (χ4n) is 2.08. The quantitative estimate of drug-likeness (QED) is 0.564. The lowest BCUT2D eigenvalue weighted by Crippen LogP contribution is -2.32. The number of carbonyl (C=O) groups is 3. The summed E-state index contributed by atoms with van der Waals surface area (Å²) < 4.78 is 5.11. The molecule has 9 nitrogen and oxygen atoms in total. The van der Waals surface area contributed by atoms with E-state index >= 15 is 0 Å². The number of H-pyrrole nitrogens is 1. The summed E-state index contributed by atoms with van der Waals surface area (Å²) >= 11 is 0. The molecule has 0 aliphatic heterocycles. The molecular weight excluding hydrogens is 328 g/mol. The van der Waals surface area contributed by atoms with Crippen LogP contribution in [0, 0.1) is 0 Å². The fourth-order valence-corrected chi connectivity index (χ4v) is 2.08. The molecule has 0 unspecified atom stereocenters. The molecule has 0 spiro atoms. The van der Waals surface area contributed by atoms with E-state index in [1.807, 2.05) is 13.8 Å². The van der Waals surface area contributed by atoms with Gasteiger partial charge < -0.3 is 25.9 Å². The van der Waals surface area contributed by atoms with Crippen LogP contribution in [-0.2, 0) is 0 Å². The van der Waals surface area contributed by atoms with Gasteiger partial charge in [0.15, 0.2) is 0 Å². The van der Waals surface area contributed by atoms with E-state index in [1.54, 1.807) is 24.3 Å². The molecule has 0 aliphatic carbocycles. The molecule has 1 aromatic heterocycles. The van der Waals surface area contributed by atoms with E-state index in [4.69, 9.17) is 10.5 Å². The van der Waals surface area contributed by atoms with E-state index in [0.717, 1.165) is 0 Å². The number of anilines is 1. The summed E-state index contributed by atoms with van der Waals surface area (Å²) in [5.74, 6) is -0.884. The zero-order chi connectivity index (χ0) is 18.6. The second-order valence-electron chi connectivity index (χ2n) is 5.48. The van der Waals surface area contributed by atoms with Crippen LogP contribution in [0.4, 0.5) is 15.4 Å². The number of nitrogens with one attached hydrogen (secondary N) is 3. The Morgan fingerprint density at radius 2 is 1.84 bits per heavy atom. The summed E-state index contributed by atoms with van der Waals surface area (Å²) in [5, 5.41) is 14.0. The Morgan fingerprint density at radius 3 is 2.36 bits per heavy atom. The molecule has 25 heavy (non-hydrogen) atoms. The molecule has 0 atom stereocenters. The molecule has 6 N–H and O–H groups in total. The zero-order valence-corrected chi connectivity index (χ0v) is 13.6. The van der Waals surface area contributed by atoms with Crippen molar-refractivity contribution < 1.29 is 24.2 Å². The van der Waals surface area contributed by atoms with E-state index < -0.39 is 18.1 Å². The lowest BCUT2D eigenvalue weighted by Gasteiger charge is -2.09. The van der Waals surface area contributed by atoms with Crippen LogP contribution >= 0.6 is 0 Å². The first kappa shape index (κ1) is 17.9. The van der Waals surface area contributed by atoms with Crippen LogP contribution in [0.25, 0.3) is 11.3 Å². The first-order valence-electron chi connectivity index (χ1n) is 7.37. The Balaban J connectivity index is 2.20. The number of primary amides is 1. The van der Waals surface area contributed by atoms with Gasteiger partial charge in [0.2, 0.25) is 0 Å². The van der Waals surface area contributed by atoms with Crippen LogP contribution in [0.3, 0.4) is 0 Å². The maximum Gasteiger partial charge on any atom is 0.412 e. The van der Waals surface area contributed by atoms with Crippen molar-refractivity contribution in [2.24, 2.45) is 5.73 Å². The van der Waals surface area contributed by atoms with Crippen molar-refractivity contribution in [2.75, 3.05) is 5.32 Å². The maximum absolute atomic E-state index is 11.5. The van der Waals surface area contributed by atoms with E-state index in [1.165, 1.54) is 6.07 Å². The molecule has 0 saturated heterocycles. The summed E-state index contributed by atoms with van der Waals surface area (Å²) in [5.41, 5.74) is 6.00. The Morgan fingerprint density at radius 1 is 1.20 bits per heavy atom. The molecule has 3 amide bonds. The number of aromatic nitrogens is 1. The van der Waals surface area contributed by atoms with Crippen LogP contribution in [0.2, 0.25) is 0 Å². The average molecular weight is 346 g/mol. The number of carbonyl (C=O) groups excluding carboxylic acids is 2. The highest BCUT2D eigenvalue weighted by Gasteiger charge is 2.16. The number of ether oxygens (including phenoxy) is 1. The molecule has 0 aliphatic rings. The third-order valence-electron chi connectivity index (χ3n) is 3.08. The molecule has 1 aromatic carbocycles. The SMILES string of the molecule is CC(C)NC(=O)Oc1ccc(-c2cc(C(=O)O)c(NC(N)=O)[nH]2)cc1. The Hall–Kier alpha value is -3.49. The van der Waals surface area contributed by atoms with Crippen LogP contribution < -0.4 is 21.1 Å². The maximum atomic E-state index is 11.5. The molecule has 2 rings (SSSR count). The van der Waals surface area contributed by atoms with Gasteiger partial charge in [-0.1, -0.05) is 0 Å². The third kappa shape index (κ3) is 4.74. The molecule has 0 radical (unpaired) electrons. The first-order chi connectivity index (χ1) is 11.8. The Labute approximate surface area is 143 Å². The number of aromatic carboxylic acids is 1. The predicted molar refractivity (Wildman–Crippen MR) is 90.7 cm³/mol. The number of rotatable bonds is 5. The number of aromatic amines is 1. The molecule has 2 aromatic rings. The van der Waals surface area contributed by atoms with Crippen LogP contribution in [0.5, 0.6) is 5.75 Å². The van der Waals surface area contributed by atoms with E-state index in [0.29, 0.717) is 17.0 Å². The zero-order valence-electron chi connectivity index (χ0n) is 13.6. The van der Waals surface area contributed by atoms with Crippen molar-refractivity contribution in [1.82, 2.24) is 10.3 Å². The van der Waals surface area contributed by atoms with Gasteiger partial charge in [0.05, 0.1) is 0 Å². The summed E-state index contributed by atoms with van der Waals surface area (Å²) in [4.78, 5) is 36.5. The molecular formula is C16H18N4O5. The molecule has 132 valence electrons. The normalized spacial score (nSPS) is 10.4. The van der Waals surface area contributed by atoms with Gasteiger partial charge in [-0.05, 0) is 49.7 Å². The van der Waals surface area contributed by atoms with Gasteiger partial charge in [0.25, 0.3) is 0 Å². The minimum Gasteiger partial charge on any atom is -0.478 e. The van der Waals surface area contributed by atoms with Gasteiger partial charge in [0, 0.05) is 11.7 Å². The topological polar surface area (TPSA) is 147 Å². The van der Waals surface area contributed by atoms with Crippen molar-refractivity contribution in [3.05, 3.63) is 35.9 Å². The lowest BCUT2D eigenvalue weighted by atomic mass is 10.1. The van der Waals surface area contributed by atoms with E-state index in [-0.39, 0.29) is 17.4 Å². The number of nitrogens with two attached hydrogens (primary N) is 1. The Kier molecular flexibility index (Phi) is 5.28. The molecule has 0 fully saturated rings. The molecule has 1 heterocycles. The highest BCUT2D eigenvalue weighted by Crippen LogP contribution is 2.27. The number of urea groups is 1. The first-order valence-corrected chi connectivity index (χ1v) is 7.37. The standard InChI is InChI=1S/C16H18N4O5/c1-8(2)18-16(24)25-10-5-3-9(4-6-10)12-7-11(14(21)22)13(19-12)20-15(17)23/h3-8,19H,1-2H3,(H,18,24)(H,21,22)(H3,17,20,23). The summed E-state index contributed by atoms with van der Waals surface area (Å²) in [6.07, 6.45) is -0.566. The summed E-state index contributed by atoms with van der Waals surface area (Å²) in [7, 11) is 0. The van der Waals surface area contributed by atoms with Gasteiger partial charge >= 0.3 is 18.1 Å².